The van der Waals surface area contributed by atoms with Crippen molar-refractivity contribution in [1.82, 2.24) is 15.6 Å². The van der Waals surface area contributed by atoms with E-state index in [4.69, 9.17) is 14.2 Å². The third-order valence-corrected chi connectivity index (χ3v) is 3.99. The van der Waals surface area contributed by atoms with Gasteiger partial charge in [0, 0.05) is 32.4 Å². The monoisotopic (exact) mass is 514 g/mol. The molecule has 160 valence electrons. The standard InChI is InChI=1S/C21H30N4O3.HI/c1-15(2)28-20-9-7-17(13-24-20)14-25-21(22-3)23-11-10-16-6-8-18(26-4)19(12-16)27-5;/h6-9,12-13,15H,10-11,14H2,1-5H3,(H2,22,23,25);1H. The highest BCUT2D eigenvalue weighted by atomic mass is 127. The molecular formula is C21H31IN4O3. The number of guanidine groups is 1. The molecule has 0 saturated heterocycles. The highest BCUT2D eigenvalue weighted by molar-refractivity contribution is 14.0. The van der Waals surface area contributed by atoms with Crippen LogP contribution in [0.3, 0.4) is 0 Å². The third-order valence-electron chi connectivity index (χ3n) is 3.99. The van der Waals surface area contributed by atoms with Crippen LogP contribution in [0.5, 0.6) is 17.4 Å². The predicted octanol–water partition coefficient (Wildman–Crippen LogP) is 3.41. The van der Waals surface area contributed by atoms with Gasteiger partial charge < -0.3 is 24.8 Å². The first-order chi connectivity index (χ1) is 13.5. The van der Waals surface area contributed by atoms with E-state index in [0.717, 1.165) is 41.6 Å². The van der Waals surface area contributed by atoms with Crippen molar-refractivity contribution in [2.45, 2.75) is 32.9 Å². The number of halogens is 1. The number of rotatable bonds is 9. The van der Waals surface area contributed by atoms with Crippen molar-refractivity contribution >= 4 is 29.9 Å². The fourth-order valence-corrected chi connectivity index (χ4v) is 2.59. The van der Waals surface area contributed by atoms with Gasteiger partial charge in [-0.25, -0.2) is 4.98 Å². The molecule has 0 aliphatic heterocycles. The number of hydrogen-bond acceptors (Lipinski definition) is 5. The Balaban J connectivity index is 0.00000420. The second-order valence-electron chi connectivity index (χ2n) is 6.46. The van der Waals surface area contributed by atoms with Crippen LogP contribution in [-0.2, 0) is 13.0 Å². The molecule has 0 aliphatic carbocycles. The molecule has 0 aliphatic rings. The van der Waals surface area contributed by atoms with E-state index in [0.29, 0.717) is 12.4 Å². The molecule has 8 heteroatoms. The van der Waals surface area contributed by atoms with E-state index in [9.17, 15) is 0 Å². The fraction of sp³-hybridized carbons (Fsp3) is 0.429. The highest BCUT2D eigenvalue weighted by Gasteiger charge is 2.05. The Morgan fingerprint density at radius 1 is 1.03 bits per heavy atom. The normalized spacial score (nSPS) is 10.9. The lowest BCUT2D eigenvalue weighted by Crippen LogP contribution is -2.37. The second-order valence-corrected chi connectivity index (χ2v) is 6.46. The molecule has 0 atom stereocenters. The topological polar surface area (TPSA) is 77.0 Å². The van der Waals surface area contributed by atoms with E-state index in [1.165, 1.54) is 0 Å². The summed E-state index contributed by atoms with van der Waals surface area (Å²) in [6.45, 7) is 5.34. The molecule has 7 nitrogen and oxygen atoms in total. The van der Waals surface area contributed by atoms with E-state index in [-0.39, 0.29) is 30.1 Å². The Kier molecular flexibility index (Phi) is 11.2. The molecule has 0 spiro atoms. The van der Waals surface area contributed by atoms with Gasteiger partial charge >= 0.3 is 0 Å². The molecule has 0 bridgehead atoms. The molecule has 2 N–H and O–H groups in total. The summed E-state index contributed by atoms with van der Waals surface area (Å²) in [4.78, 5) is 8.57. The van der Waals surface area contributed by atoms with Crippen LogP contribution in [0, 0.1) is 0 Å². The van der Waals surface area contributed by atoms with Crippen LogP contribution >= 0.6 is 24.0 Å². The zero-order chi connectivity index (χ0) is 20.4. The lowest BCUT2D eigenvalue weighted by atomic mass is 10.1. The maximum atomic E-state index is 5.56. The summed E-state index contributed by atoms with van der Waals surface area (Å²) in [5.41, 5.74) is 2.21. The summed E-state index contributed by atoms with van der Waals surface area (Å²) in [7, 11) is 5.03. The number of nitrogens with zero attached hydrogens (tertiary/aromatic N) is 2. The second kappa shape index (κ2) is 13.1. The van der Waals surface area contributed by atoms with Gasteiger partial charge in [-0.3, -0.25) is 4.99 Å². The van der Waals surface area contributed by atoms with Gasteiger partial charge in [-0.1, -0.05) is 12.1 Å². The number of nitrogens with one attached hydrogen (secondary N) is 2. The van der Waals surface area contributed by atoms with Crippen molar-refractivity contribution in [3.63, 3.8) is 0 Å². The SMILES string of the molecule is CN=C(NCCc1ccc(OC)c(OC)c1)NCc1ccc(OC(C)C)nc1.I. The number of hydrogen-bond donors (Lipinski definition) is 2. The van der Waals surface area contributed by atoms with E-state index < -0.39 is 0 Å². The van der Waals surface area contributed by atoms with Gasteiger partial charge in [-0.15, -0.1) is 24.0 Å². The molecule has 0 saturated carbocycles. The lowest BCUT2D eigenvalue weighted by molar-refractivity contribution is 0.232. The van der Waals surface area contributed by atoms with Crippen molar-refractivity contribution in [2.24, 2.45) is 4.99 Å². The summed E-state index contributed by atoms with van der Waals surface area (Å²) < 4.78 is 16.2. The summed E-state index contributed by atoms with van der Waals surface area (Å²) in [5, 5.41) is 6.60. The largest absolute Gasteiger partial charge is 0.493 e. The number of aromatic nitrogens is 1. The van der Waals surface area contributed by atoms with Gasteiger partial charge in [0.05, 0.1) is 20.3 Å². The van der Waals surface area contributed by atoms with E-state index in [1.807, 2.05) is 50.4 Å². The van der Waals surface area contributed by atoms with E-state index >= 15 is 0 Å². The number of methoxy groups -OCH3 is 2. The molecule has 29 heavy (non-hydrogen) atoms. The molecule has 1 aromatic heterocycles. The van der Waals surface area contributed by atoms with Crippen LogP contribution in [0.15, 0.2) is 41.5 Å². The Labute approximate surface area is 190 Å². The van der Waals surface area contributed by atoms with E-state index in [1.54, 1.807) is 21.3 Å². The minimum Gasteiger partial charge on any atom is -0.493 e. The minimum atomic E-state index is 0. The maximum Gasteiger partial charge on any atom is 0.213 e. The quantitative estimate of drug-likeness (QED) is 0.304. The first-order valence-corrected chi connectivity index (χ1v) is 9.32. The zero-order valence-electron chi connectivity index (χ0n) is 17.7. The van der Waals surface area contributed by atoms with Gasteiger partial charge in [0.25, 0.3) is 0 Å². The number of benzene rings is 1. The van der Waals surface area contributed by atoms with Crippen molar-refractivity contribution < 1.29 is 14.2 Å². The summed E-state index contributed by atoms with van der Waals surface area (Å²) >= 11 is 0. The van der Waals surface area contributed by atoms with Crippen LogP contribution in [0.25, 0.3) is 0 Å². The van der Waals surface area contributed by atoms with Crippen molar-refractivity contribution in [2.75, 3.05) is 27.8 Å². The Hall–Kier alpha value is -2.23. The molecule has 0 radical (unpaired) electrons. The number of ether oxygens (including phenoxy) is 3. The fourth-order valence-electron chi connectivity index (χ4n) is 2.59. The third kappa shape index (κ3) is 8.35. The Bertz CT molecular complexity index is 767. The molecular weight excluding hydrogens is 483 g/mol. The van der Waals surface area contributed by atoms with Gasteiger partial charge in [0.2, 0.25) is 5.88 Å². The Morgan fingerprint density at radius 3 is 2.34 bits per heavy atom. The number of pyridine rings is 1. The van der Waals surface area contributed by atoms with E-state index in [2.05, 4.69) is 20.6 Å². The molecule has 0 amide bonds. The van der Waals surface area contributed by atoms with Crippen molar-refractivity contribution in [3.05, 3.63) is 47.7 Å². The molecule has 0 fully saturated rings. The van der Waals surface area contributed by atoms with Crippen LogP contribution in [0.4, 0.5) is 0 Å². The molecule has 1 aromatic carbocycles. The predicted molar refractivity (Wildman–Crippen MR) is 127 cm³/mol. The first-order valence-electron chi connectivity index (χ1n) is 9.32. The zero-order valence-corrected chi connectivity index (χ0v) is 20.0. The Morgan fingerprint density at radius 2 is 1.76 bits per heavy atom. The maximum absolute atomic E-state index is 5.56. The van der Waals surface area contributed by atoms with Crippen LogP contribution in [0.1, 0.15) is 25.0 Å². The minimum absolute atomic E-state index is 0. The molecule has 2 rings (SSSR count). The van der Waals surface area contributed by atoms with Crippen molar-refractivity contribution in [3.8, 4) is 17.4 Å². The lowest BCUT2D eigenvalue weighted by Gasteiger charge is -2.13. The average Bonchev–Trinajstić information content (AvgIpc) is 2.71. The highest BCUT2D eigenvalue weighted by Crippen LogP contribution is 2.27. The van der Waals surface area contributed by atoms with Crippen LogP contribution < -0.4 is 24.8 Å². The first kappa shape index (κ1) is 24.8. The summed E-state index contributed by atoms with van der Waals surface area (Å²) in [6.07, 6.45) is 2.76. The van der Waals surface area contributed by atoms with Gasteiger partial charge in [0.15, 0.2) is 17.5 Å². The summed E-state index contributed by atoms with van der Waals surface area (Å²) in [6, 6.07) is 9.81. The molecule has 1 heterocycles. The van der Waals surface area contributed by atoms with Gasteiger partial charge in [0.1, 0.15) is 0 Å². The average molecular weight is 514 g/mol. The van der Waals surface area contributed by atoms with Crippen LogP contribution in [0.2, 0.25) is 0 Å². The number of aliphatic imine (C=N–C) groups is 1. The molecule has 0 unspecified atom stereocenters. The van der Waals surface area contributed by atoms with Gasteiger partial charge in [-0.2, -0.15) is 0 Å². The smallest absolute Gasteiger partial charge is 0.213 e. The summed E-state index contributed by atoms with van der Waals surface area (Å²) in [5.74, 6) is 2.84. The molecule has 2 aromatic rings. The van der Waals surface area contributed by atoms with Crippen LogP contribution in [-0.4, -0.2) is 44.9 Å². The van der Waals surface area contributed by atoms with Gasteiger partial charge in [-0.05, 0) is 43.5 Å². The van der Waals surface area contributed by atoms with Crippen molar-refractivity contribution in [1.29, 1.82) is 0 Å².